The molecule has 0 aliphatic heterocycles. The molecule has 0 saturated heterocycles. The number of rotatable bonds is 7. The summed E-state index contributed by atoms with van der Waals surface area (Å²) in [6.07, 6.45) is 2.00. The van der Waals surface area contributed by atoms with Gasteiger partial charge in [0.15, 0.2) is 0 Å². The molecule has 19 heavy (non-hydrogen) atoms. The number of aromatic nitrogens is 3. The molecule has 1 heterocycles. The molecule has 1 aromatic heterocycles. The maximum Gasteiger partial charge on any atom is 0.322 e. The van der Waals surface area contributed by atoms with Gasteiger partial charge in [-0.05, 0) is 31.4 Å². The predicted molar refractivity (Wildman–Crippen MR) is 70.2 cm³/mol. The number of nitrogens with one attached hydrogen (secondary N) is 2. The van der Waals surface area contributed by atoms with Gasteiger partial charge in [0, 0.05) is 19.0 Å². The molecule has 1 saturated carbocycles. The van der Waals surface area contributed by atoms with Crippen LogP contribution >= 0.6 is 11.6 Å². The molecule has 104 valence electrons. The van der Waals surface area contributed by atoms with Crippen molar-refractivity contribution >= 4 is 23.5 Å². The first-order chi connectivity index (χ1) is 9.19. The van der Waals surface area contributed by atoms with Crippen LogP contribution < -0.4 is 15.4 Å². The summed E-state index contributed by atoms with van der Waals surface area (Å²) in [5, 5.41) is 5.86. The van der Waals surface area contributed by atoms with Gasteiger partial charge in [-0.15, -0.1) is 0 Å². The lowest BCUT2D eigenvalue weighted by atomic mass is 10.4. The Morgan fingerprint density at radius 2 is 2.16 bits per heavy atom. The predicted octanol–water partition coefficient (Wildman–Crippen LogP) is 0.862. The minimum Gasteiger partial charge on any atom is -0.464 e. The van der Waals surface area contributed by atoms with Crippen LogP contribution in [-0.4, -0.2) is 40.6 Å². The lowest BCUT2D eigenvalue weighted by Gasteiger charge is -2.07. The molecule has 1 fully saturated rings. The van der Waals surface area contributed by atoms with Crippen molar-refractivity contribution in [2.24, 2.45) is 5.92 Å². The molecule has 1 amide bonds. The number of halogens is 1. The van der Waals surface area contributed by atoms with Crippen molar-refractivity contribution in [3.05, 3.63) is 5.28 Å². The number of carbonyl (C=O) groups is 1. The van der Waals surface area contributed by atoms with Gasteiger partial charge in [-0.3, -0.25) is 4.79 Å². The first-order valence-corrected chi connectivity index (χ1v) is 6.62. The van der Waals surface area contributed by atoms with Crippen LogP contribution in [-0.2, 0) is 4.79 Å². The first-order valence-electron chi connectivity index (χ1n) is 6.25. The van der Waals surface area contributed by atoms with Crippen LogP contribution in [0.2, 0.25) is 5.28 Å². The number of anilines is 1. The van der Waals surface area contributed by atoms with E-state index >= 15 is 0 Å². The Morgan fingerprint density at radius 1 is 1.37 bits per heavy atom. The zero-order valence-electron chi connectivity index (χ0n) is 10.6. The fourth-order valence-corrected chi connectivity index (χ4v) is 1.61. The van der Waals surface area contributed by atoms with Gasteiger partial charge >= 0.3 is 6.01 Å². The van der Waals surface area contributed by atoms with Gasteiger partial charge in [0.2, 0.25) is 17.1 Å². The molecule has 1 aliphatic rings. The number of carbonyl (C=O) groups excluding carboxylic acids is 1. The summed E-state index contributed by atoms with van der Waals surface area (Å²) in [7, 11) is 0. The Labute approximate surface area is 116 Å². The average Bonchev–Trinajstić information content (AvgIpc) is 3.18. The highest BCUT2D eigenvalue weighted by atomic mass is 35.5. The molecule has 0 aromatic carbocycles. The highest BCUT2D eigenvalue weighted by Gasteiger charge is 2.28. The van der Waals surface area contributed by atoms with Crippen LogP contribution in [0.15, 0.2) is 0 Å². The van der Waals surface area contributed by atoms with E-state index in [2.05, 4.69) is 25.6 Å². The third kappa shape index (κ3) is 4.51. The van der Waals surface area contributed by atoms with E-state index in [-0.39, 0.29) is 23.1 Å². The quantitative estimate of drug-likeness (QED) is 0.723. The monoisotopic (exact) mass is 285 g/mol. The van der Waals surface area contributed by atoms with E-state index in [0.29, 0.717) is 25.6 Å². The Hall–Kier alpha value is -1.63. The topological polar surface area (TPSA) is 89.0 Å². The van der Waals surface area contributed by atoms with Gasteiger partial charge in [0.1, 0.15) is 0 Å². The molecule has 7 nitrogen and oxygen atoms in total. The molecule has 0 bridgehead atoms. The minimum atomic E-state index is 0.0722. The second-order valence-corrected chi connectivity index (χ2v) is 4.47. The van der Waals surface area contributed by atoms with Gasteiger partial charge in [0.25, 0.3) is 0 Å². The number of amides is 1. The highest BCUT2D eigenvalue weighted by molar-refractivity contribution is 6.28. The van der Waals surface area contributed by atoms with Gasteiger partial charge in [0.05, 0.1) is 6.61 Å². The van der Waals surface area contributed by atoms with E-state index in [1.165, 1.54) is 0 Å². The molecule has 2 rings (SSSR count). The van der Waals surface area contributed by atoms with Crippen molar-refractivity contribution in [3.63, 3.8) is 0 Å². The molecule has 2 N–H and O–H groups in total. The fraction of sp³-hybridized carbons (Fsp3) is 0.636. The fourth-order valence-electron chi connectivity index (χ4n) is 1.45. The van der Waals surface area contributed by atoms with E-state index in [9.17, 15) is 4.79 Å². The molecule has 1 aliphatic carbocycles. The van der Waals surface area contributed by atoms with Crippen molar-refractivity contribution in [1.29, 1.82) is 0 Å². The number of nitrogens with zero attached hydrogens (tertiary/aromatic N) is 3. The second kappa shape index (κ2) is 6.51. The Morgan fingerprint density at radius 3 is 2.84 bits per heavy atom. The molecular weight excluding hydrogens is 270 g/mol. The minimum absolute atomic E-state index is 0.0722. The number of hydrogen-bond donors (Lipinski definition) is 2. The van der Waals surface area contributed by atoms with Crippen LogP contribution in [0.5, 0.6) is 6.01 Å². The number of ether oxygens (including phenoxy) is 1. The third-order valence-electron chi connectivity index (χ3n) is 2.52. The van der Waals surface area contributed by atoms with E-state index in [1.807, 2.05) is 6.92 Å². The Balaban J connectivity index is 1.76. The lowest BCUT2D eigenvalue weighted by Crippen LogP contribution is -2.30. The maximum atomic E-state index is 11.4. The Kier molecular flexibility index (Phi) is 4.73. The van der Waals surface area contributed by atoms with Crippen LogP contribution in [0, 0.1) is 5.92 Å². The zero-order chi connectivity index (χ0) is 13.7. The third-order valence-corrected chi connectivity index (χ3v) is 2.69. The van der Waals surface area contributed by atoms with Crippen LogP contribution in [0.1, 0.15) is 19.8 Å². The van der Waals surface area contributed by atoms with Crippen LogP contribution in [0.3, 0.4) is 0 Å². The van der Waals surface area contributed by atoms with Crippen molar-refractivity contribution < 1.29 is 9.53 Å². The van der Waals surface area contributed by atoms with Gasteiger partial charge in [-0.1, -0.05) is 0 Å². The normalized spacial score (nSPS) is 14.0. The van der Waals surface area contributed by atoms with Gasteiger partial charge < -0.3 is 15.4 Å². The lowest BCUT2D eigenvalue weighted by molar-refractivity contribution is -0.122. The molecule has 1 aromatic rings. The number of hydrogen-bond acceptors (Lipinski definition) is 6. The summed E-state index contributed by atoms with van der Waals surface area (Å²) in [4.78, 5) is 23.2. The van der Waals surface area contributed by atoms with Crippen LogP contribution in [0.4, 0.5) is 5.95 Å². The summed E-state index contributed by atoms with van der Waals surface area (Å²) >= 11 is 5.75. The van der Waals surface area contributed by atoms with E-state index < -0.39 is 0 Å². The standard InChI is InChI=1S/C11H16ClN5O2/c1-2-19-11-16-9(12)15-10(17-11)14-6-5-13-8(18)7-3-4-7/h7H,2-6H2,1H3,(H,13,18)(H,14,15,16,17). The molecule has 0 atom stereocenters. The summed E-state index contributed by atoms with van der Waals surface area (Å²) in [6.45, 7) is 3.32. The maximum absolute atomic E-state index is 11.4. The zero-order valence-corrected chi connectivity index (χ0v) is 11.4. The summed E-state index contributed by atoms with van der Waals surface area (Å²) in [6, 6.07) is 0.187. The van der Waals surface area contributed by atoms with Crippen molar-refractivity contribution in [3.8, 4) is 6.01 Å². The van der Waals surface area contributed by atoms with E-state index in [0.717, 1.165) is 12.8 Å². The first kappa shape index (κ1) is 13.8. The second-order valence-electron chi connectivity index (χ2n) is 4.14. The summed E-state index contributed by atoms with van der Waals surface area (Å²) < 4.78 is 5.16. The molecule has 0 radical (unpaired) electrons. The van der Waals surface area contributed by atoms with E-state index in [4.69, 9.17) is 16.3 Å². The largest absolute Gasteiger partial charge is 0.464 e. The smallest absolute Gasteiger partial charge is 0.322 e. The van der Waals surface area contributed by atoms with Crippen molar-refractivity contribution in [2.45, 2.75) is 19.8 Å². The SMILES string of the molecule is CCOc1nc(Cl)nc(NCCNC(=O)C2CC2)n1. The summed E-state index contributed by atoms with van der Waals surface area (Å²) in [5.74, 6) is 0.672. The molecule has 8 heteroatoms. The van der Waals surface area contributed by atoms with Gasteiger partial charge in [-0.2, -0.15) is 15.0 Å². The molecular formula is C11H16ClN5O2. The van der Waals surface area contributed by atoms with E-state index in [1.54, 1.807) is 0 Å². The molecule has 0 unspecified atom stereocenters. The highest BCUT2D eigenvalue weighted by Crippen LogP contribution is 2.28. The summed E-state index contributed by atoms with van der Waals surface area (Å²) in [5.41, 5.74) is 0. The van der Waals surface area contributed by atoms with Crippen molar-refractivity contribution in [2.75, 3.05) is 25.0 Å². The molecule has 0 spiro atoms. The Bertz CT molecular complexity index is 453. The van der Waals surface area contributed by atoms with Crippen LogP contribution in [0.25, 0.3) is 0 Å². The van der Waals surface area contributed by atoms with Gasteiger partial charge in [-0.25, -0.2) is 0 Å². The average molecular weight is 286 g/mol. The van der Waals surface area contributed by atoms with Crippen molar-refractivity contribution in [1.82, 2.24) is 20.3 Å².